The zero-order valence-corrected chi connectivity index (χ0v) is 11.8. The fourth-order valence-corrected chi connectivity index (χ4v) is 2.79. The van der Waals surface area contributed by atoms with Crippen LogP contribution < -0.4 is 5.32 Å². The van der Waals surface area contributed by atoms with E-state index in [9.17, 15) is 13.9 Å². The van der Waals surface area contributed by atoms with E-state index in [0.29, 0.717) is 0 Å². The van der Waals surface area contributed by atoms with Gasteiger partial charge in [0.25, 0.3) is 0 Å². The van der Waals surface area contributed by atoms with Crippen LogP contribution in [-0.4, -0.2) is 16.6 Å². The highest BCUT2D eigenvalue weighted by Gasteiger charge is 2.19. The molecule has 108 valence electrons. The van der Waals surface area contributed by atoms with Crippen molar-refractivity contribution in [2.75, 3.05) is 6.54 Å². The lowest BCUT2D eigenvalue weighted by molar-refractivity contribution is 0.160. The summed E-state index contributed by atoms with van der Waals surface area (Å²) in [4.78, 5) is 4.20. The molecule has 0 aliphatic rings. The highest BCUT2D eigenvalue weighted by atomic mass is 32.1. The Labute approximate surface area is 120 Å². The average molecular weight is 298 g/mol. The van der Waals surface area contributed by atoms with Crippen LogP contribution in [0.15, 0.2) is 29.8 Å². The highest BCUT2D eigenvalue weighted by Crippen LogP contribution is 2.23. The molecule has 0 bridgehead atoms. The van der Waals surface area contributed by atoms with Crippen molar-refractivity contribution in [1.29, 1.82) is 0 Å². The first-order valence-electron chi connectivity index (χ1n) is 6.38. The number of benzene rings is 1. The number of aromatic nitrogens is 1. The first-order chi connectivity index (χ1) is 9.63. The molecule has 1 aromatic carbocycles. The summed E-state index contributed by atoms with van der Waals surface area (Å²) in [6, 6.07) is 3.53. The lowest BCUT2D eigenvalue weighted by Gasteiger charge is -2.18. The summed E-state index contributed by atoms with van der Waals surface area (Å²) in [5.41, 5.74) is -0.297. The van der Waals surface area contributed by atoms with E-state index in [1.807, 2.05) is 12.3 Å². The fourth-order valence-electron chi connectivity index (χ4n) is 2.00. The molecule has 2 rings (SSSR count). The van der Waals surface area contributed by atoms with Crippen LogP contribution in [0.5, 0.6) is 0 Å². The van der Waals surface area contributed by atoms with E-state index in [1.165, 1.54) is 17.4 Å². The van der Waals surface area contributed by atoms with Gasteiger partial charge in [0.05, 0.1) is 17.7 Å². The van der Waals surface area contributed by atoms with Crippen LogP contribution in [0.2, 0.25) is 0 Å². The molecule has 0 fully saturated rings. The van der Waals surface area contributed by atoms with Gasteiger partial charge in [-0.3, -0.25) is 0 Å². The van der Waals surface area contributed by atoms with Crippen LogP contribution in [0.4, 0.5) is 8.78 Å². The number of nitrogens with one attached hydrogen (secondary N) is 1. The minimum Gasteiger partial charge on any atom is -0.387 e. The van der Waals surface area contributed by atoms with Gasteiger partial charge in [-0.25, -0.2) is 13.8 Å². The van der Waals surface area contributed by atoms with Gasteiger partial charge in [-0.1, -0.05) is 13.0 Å². The molecule has 2 atom stereocenters. The van der Waals surface area contributed by atoms with Crippen molar-refractivity contribution in [3.8, 4) is 0 Å². The number of aliphatic hydroxyl groups excluding tert-OH is 1. The maximum Gasteiger partial charge on any atom is 0.131 e. The second-order valence-corrected chi connectivity index (χ2v) is 5.32. The first kappa shape index (κ1) is 15.0. The number of hydrogen-bond donors (Lipinski definition) is 2. The molecule has 2 unspecified atom stereocenters. The monoisotopic (exact) mass is 298 g/mol. The predicted molar refractivity (Wildman–Crippen MR) is 74.5 cm³/mol. The van der Waals surface area contributed by atoms with Crippen LogP contribution >= 0.6 is 11.3 Å². The molecule has 0 aliphatic carbocycles. The number of nitrogens with zero attached hydrogens (tertiary/aromatic N) is 1. The Bertz CT molecular complexity index is 528. The van der Waals surface area contributed by atoms with Gasteiger partial charge in [0.15, 0.2) is 0 Å². The Morgan fingerprint density at radius 3 is 2.60 bits per heavy atom. The van der Waals surface area contributed by atoms with Gasteiger partial charge < -0.3 is 10.4 Å². The fraction of sp³-hybridized carbons (Fsp3) is 0.357. The molecule has 2 aromatic rings. The number of aliphatic hydroxyl groups is 1. The Hall–Kier alpha value is -1.37. The molecule has 1 heterocycles. The first-order valence-corrected chi connectivity index (χ1v) is 7.26. The Kier molecular flexibility index (Phi) is 5.17. The molecule has 20 heavy (non-hydrogen) atoms. The molecule has 0 spiro atoms. The number of halogens is 2. The van der Waals surface area contributed by atoms with Gasteiger partial charge in [0.1, 0.15) is 16.6 Å². The smallest absolute Gasteiger partial charge is 0.131 e. The standard InChI is InChI=1S/C14H16F2N2OS/c1-2-11(14-17-6-7-20-14)18-8-12(19)13-9(15)4-3-5-10(13)16/h3-7,11-12,18-19H,2,8H2,1H3. The maximum atomic E-state index is 13.5. The number of hydrogen-bond acceptors (Lipinski definition) is 4. The molecular weight excluding hydrogens is 282 g/mol. The van der Waals surface area contributed by atoms with E-state index in [2.05, 4.69) is 10.3 Å². The van der Waals surface area contributed by atoms with Crippen LogP contribution in [-0.2, 0) is 0 Å². The van der Waals surface area contributed by atoms with Gasteiger partial charge in [0, 0.05) is 18.1 Å². The zero-order valence-electron chi connectivity index (χ0n) is 11.0. The predicted octanol–water partition coefficient (Wildman–Crippen LogP) is 3.20. The third kappa shape index (κ3) is 3.39. The molecule has 3 nitrogen and oxygen atoms in total. The molecule has 6 heteroatoms. The van der Waals surface area contributed by atoms with E-state index in [4.69, 9.17) is 0 Å². The van der Waals surface area contributed by atoms with Gasteiger partial charge in [0.2, 0.25) is 0 Å². The van der Waals surface area contributed by atoms with Crippen molar-refractivity contribution < 1.29 is 13.9 Å². The topological polar surface area (TPSA) is 45.1 Å². The quantitative estimate of drug-likeness (QED) is 0.861. The molecular formula is C14H16F2N2OS. The summed E-state index contributed by atoms with van der Waals surface area (Å²) in [5.74, 6) is -1.47. The summed E-state index contributed by atoms with van der Waals surface area (Å²) in [6.07, 6.45) is 1.25. The summed E-state index contributed by atoms with van der Waals surface area (Å²) in [7, 11) is 0. The Balaban J connectivity index is 2.03. The Morgan fingerprint density at radius 1 is 1.35 bits per heavy atom. The van der Waals surface area contributed by atoms with Crippen molar-refractivity contribution in [3.63, 3.8) is 0 Å². The SMILES string of the molecule is CCC(NCC(O)c1c(F)cccc1F)c1nccs1. The summed E-state index contributed by atoms with van der Waals surface area (Å²) in [5, 5.41) is 15.8. The molecule has 1 aromatic heterocycles. The van der Waals surface area contributed by atoms with Crippen molar-refractivity contribution in [1.82, 2.24) is 10.3 Å². The highest BCUT2D eigenvalue weighted by molar-refractivity contribution is 7.09. The normalized spacial score (nSPS) is 14.2. The van der Waals surface area contributed by atoms with E-state index in [0.717, 1.165) is 23.6 Å². The van der Waals surface area contributed by atoms with Gasteiger partial charge in [-0.2, -0.15) is 0 Å². The van der Waals surface area contributed by atoms with Crippen LogP contribution in [0.25, 0.3) is 0 Å². The minimum atomic E-state index is -1.23. The van der Waals surface area contributed by atoms with E-state index >= 15 is 0 Å². The van der Waals surface area contributed by atoms with E-state index in [1.54, 1.807) is 6.20 Å². The second-order valence-electron chi connectivity index (χ2n) is 4.39. The van der Waals surface area contributed by atoms with Crippen LogP contribution in [0.3, 0.4) is 0 Å². The van der Waals surface area contributed by atoms with Crippen LogP contribution in [0, 0.1) is 11.6 Å². The molecule has 2 N–H and O–H groups in total. The average Bonchev–Trinajstić information content (AvgIpc) is 2.93. The molecule has 0 amide bonds. The third-order valence-corrected chi connectivity index (χ3v) is 3.94. The second kappa shape index (κ2) is 6.88. The Morgan fingerprint density at radius 2 is 2.05 bits per heavy atom. The van der Waals surface area contributed by atoms with Crippen molar-refractivity contribution >= 4 is 11.3 Å². The third-order valence-electron chi connectivity index (χ3n) is 3.05. The minimum absolute atomic E-state index is 0.0283. The summed E-state index contributed by atoms with van der Waals surface area (Å²) < 4.78 is 27.1. The maximum absolute atomic E-state index is 13.5. The molecule has 0 radical (unpaired) electrons. The number of thiazole rings is 1. The van der Waals surface area contributed by atoms with E-state index < -0.39 is 17.7 Å². The lowest BCUT2D eigenvalue weighted by atomic mass is 10.1. The summed E-state index contributed by atoms with van der Waals surface area (Å²) in [6.45, 7) is 2.05. The lowest BCUT2D eigenvalue weighted by Crippen LogP contribution is -2.27. The van der Waals surface area contributed by atoms with Crippen molar-refractivity contribution in [2.24, 2.45) is 0 Å². The largest absolute Gasteiger partial charge is 0.387 e. The van der Waals surface area contributed by atoms with Gasteiger partial charge >= 0.3 is 0 Å². The number of rotatable bonds is 6. The summed E-state index contributed by atoms with van der Waals surface area (Å²) >= 11 is 1.51. The van der Waals surface area contributed by atoms with E-state index in [-0.39, 0.29) is 18.2 Å². The van der Waals surface area contributed by atoms with Gasteiger partial charge in [-0.05, 0) is 18.6 Å². The molecule has 0 saturated heterocycles. The molecule has 0 aliphatic heterocycles. The van der Waals surface area contributed by atoms with Crippen molar-refractivity contribution in [3.05, 3.63) is 52.0 Å². The molecule has 0 saturated carbocycles. The zero-order chi connectivity index (χ0) is 14.5. The van der Waals surface area contributed by atoms with Crippen LogP contribution in [0.1, 0.15) is 36.1 Å². The van der Waals surface area contributed by atoms with Gasteiger partial charge in [-0.15, -0.1) is 11.3 Å². The van der Waals surface area contributed by atoms with Crippen molar-refractivity contribution in [2.45, 2.75) is 25.5 Å².